The van der Waals surface area contributed by atoms with Crippen molar-refractivity contribution in [3.8, 4) is 0 Å². The Morgan fingerprint density at radius 3 is 2.62 bits per heavy atom. The number of carbonyl (C=O) groups is 1. The fourth-order valence-electron chi connectivity index (χ4n) is 1.61. The average Bonchev–Trinajstić information content (AvgIpc) is 2.14. The number of carbonyl (C=O) groups excluding carboxylic acids is 1. The van der Waals surface area contributed by atoms with Crippen LogP contribution in [0.3, 0.4) is 0 Å². The van der Waals surface area contributed by atoms with Gasteiger partial charge in [0.2, 0.25) is 5.91 Å². The minimum absolute atomic E-state index is 0. The van der Waals surface area contributed by atoms with Gasteiger partial charge in [-0.2, -0.15) is 0 Å². The van der Waals surface area contributed by atoms with E-state index in [1.165, 1.54) is 12.1 Å². The number of halogens is 2. The first-order valence-corrected chi connectivity index (χ1v) is 4.96. The fraction of sp³-hybridized carbons (Fsp3) is 0.364. The molecule has 0 heterocycles. The third-order valence-electron chi connectivity index (χ3n) is 2.78. The summed E-state index contributed by atoms with van der Waals surface area (Å²) >= 11 is 0. The minimum atomic E-state index is -0.744. The first-order chi connectivity index (χ1) is 7.10. The molecular formula is C11H14ClFN2O. The van der Waals surface area contributed by atoms with Gasteiger partial charge in [-0.1, -0.05) is 6.07 Å². The van der Waals surface area contributed by atoms with Crippen LogP contribution >= 0.6 is 12.4 Å². The Morgan fingerprint density at radius 1 is 1.44 bits per heavy atom. The molecule has 3 N–H and O–H groups in total. The first kappa shape index (κ1) is 12.9. The summed E-state index contributed by atoms with van der Waals surface area (Å²) in [5.74, 6) is -0.591. The Labute approximate surface area is 99.6 Å². The van der Waals surface area contributed by atoms with E-state index in [-0.39, 0.29) is 24.1 Å². The summed E-state index contributed by atoms with van der Waals surface area (Å²) < 4.78 is 12.8. The molecule has 1 aromatic rings. The molecule has 1 saturated carbocycles. The van der Waals surface area contributed by atoms with Gasteiger partial charge in [0, 0.05) is 5.69 Å². The Morgan fingerprint density at radius 2 is 2.12 bits per heavy atom. The molecule has 2 rings (SSSR count). The molecule has 0 bridgehead atoms. The highest BCUT2D eigenvalue weighted by atomic mass is 35.5. The van der Waals surface area contributed by atoms with Gasteiger partial charge in [0.1, 0.15) is 5.82 Å². The molecule has 0 saturated heterocycles. The van der Waals surface area contributed by atoms with E-state index in [1.54, 1.807) is 12.1 Å². The molecule has 3 nitrogen and oxygen atoms in total. The molecule has 1 amide bonds. The smallest absolute Gasteiger partial charge is 0.244 e. The highest BCUT2D eigenvalue weighted by Crippen LogP contribution is 2.30. The molecule has 88 valence electrons. The summed E-state index contributed by atoms with van der Waals surface area (Å²) in [5.41, 5.74) is 5.54. The zero-order valence-electron chi connectivity index (χ0n) is 8.70. The van der Waals surface area contributed by atoms with Crippen LogP contribution in [0.2, 0.25) is 0 Å². The molecule has 16 heavy (non-hydrogen) atoms. The molecule has 0 aromatic heterocycles. The molecule has 1 aliphatic carbocycles. The van der Waals surface area contributed by atoms with Crippen LogP contribution in [-0.2, 0) is 4.79 Å². The molecule has 0 aliphatic heterocycles. The predicted octanol–water partition coefficient (Wildman–Crippen LogP) is 2.07. The highest BCUT2D eigenvalue weighted by Gasteiger charge is 2.40. The van der Waals surface area contributed by atoms with Crippen molar-refractivity contribution < 1.29 is 9.18 Å². The van der Waals surface area contributed by atoms with Crippen molar-refractivity contribution >= 4 is 24.0 Å². The summed E-state index contributed by atoms with van der Waals surface area (Å²) in [5, 5.41) is 2.62. The van der Waals surface area contributed by atoms with Gasteiger partial charge >= 0.3 is 0 Å². The monoisotopic (exact) mass is 244 g/mol. The van der Waals surface area contributed by atoms with E-state index in [0.717, 1.165) is 6.42 Å². The minimum Gasteiger partial charge on any atom is -0.324 e. The van der Waals surface area contributed by atoms with E-state index in [1.807, 2.05) is 0 Å². The quantitative estimate of drug-likeness (QED) is 0.837. The summed E-state index contributed by atoms with van der Waals surface area (Å²) in [7, 11) is 0. The van der Waals surface area contributed by atoms with Gasteiger partial charge in [0.25, 0.3) is 0 Å². The number of nitrogens with two attached hydrogens (primary N) is 1. The molecule has 5 heteroatoms. The predicted molar refractivity (Wildman–Crippen MR) is 63.0 cm³/mol. The van der Waals surface area contributed by atoms with Gasteiger partial charge in [0.15, 0.2) is 0 Å². The number of nitrogens with one attached hydrogen (secondary N) is 1. The zero-order chi connectivity index (χ0) is 10.9. The molecule has 0 atom stereocenters. The Balaban J connectivity index is 0.00000128. The van der Waals surface area contributed by atoms with Gasteiger partial charge in [-0.05, 0) is 37.5 Å². The molecule has 0 unspecified atom stereocenters. The largest absolute Gasteiger partial charge is 0.324 e. The van der Waals surface area contributed by atoms with E-state index < -0.39 is 5.54 Å². The second kappa shape index (κ2) is 4.80. The maximum absolute atomic E-state index is 12.8. The molecule has 1 aromatic carbocycles. The van der Waals surface area contributed by atoms with E-state index in [4.69, 9.17) is 5.73 Å². The molecule has 1 fully saturated rings. The van der Waals surface area contributed by atoms with Gasteiger partial charge in [0.05, 0.1) is 5.54 Å². The lowest BCUT2D eigenvalue weighted by atomic mass is 9.77. The molecule has 0 spiro atoms. The summed E-state index contributed by atoms with van der Waals surface area (Å²) in [6, 6.07) is 5.80. The average molecular weight is 245 g/mol. The highest BCUT2D eigenvalue weighted by molar-refractivity contribution is 5.98. The van der Waals surface area contributed by atoms with Crippen molar-refractivity contribution in [2.45, 2.75) is 24.8 Å². The van der Waals surface area contributed by atoms with Crippen molar-refractivity contribution in [1.29, 1.82) is 0 Å². The maximum atomic E-state index is 12.8. The van der Waals surface area contributed by atoms with E-state index in [0.29, 0.717) is 18.5 Å². The number of rotatable bonds is 2. The second-order valence-corrected chi connectivity index (χ2v) is 3.97. The van der Waals surface area contributed by atoms with Gasteiger partial charge in [-0.15, -0.1) is 12.4 Å². The Kier molecular flexibility index (Phi) is 3.88. The topological polar surface area (TPSA) is 55.1 Å². The van der Waals surface area contributed by atoms with Crippen molar-refractivity contribution in [2.75, 3.05) is 5.32 Å². The molecule has 0 radical (unpaired) electrons. The van der Waals surface area contributed by atoms with Crippen molar-refractivity contribution in [3.63, 3.8) is 0 Å². The lowest BCUT2D eigenvalue weighted by molar-refractivity contribution is -0.123. The van der Waals surface area contributed by atoms with Gasteiger partial charge < -0.3 is 11.1 Å². The second-order valence-electron chi connectivity index (χ2n) is 3.97. The maximum Gasteiger partial charge on any atom is 0.244 e. The van der Waals surface area contributed by atoms with Crippen LogP contribution in [0.1, 0.15) is 19.3 Å². The number of hydrogen-bond donors (Lipinski definition) is 2. The number of anilines is 1. The third kappa shape index (κ3) is 2.51. The molecule has 1 aliphatic rings. The SMILES string of the molecule is Cl.NC1(C(=O)Nc2cccc(F)c2)CCC1. The van der Waals surface area contributed by atoms with Gasteiger partial charge in [-0.25, -0.2) is 4.39 Å². The van der Waals surface area contributed by atoms with E-state index in [2.05, 4.69) is 5.32 Å². The normalized spacial score (nSPS) is 16.9. The standard InChI is InChI=1S/C11H13FN2O.ClH/c12-8-3-1-4-9(7-8)14-10(15)11(13)5-2-6-11;/h1,3-4,7H,2,5-6,13H2,(H,14,15);1H. The third-order valence-corrected chi connectivity index (χ3v) is 2.78. The summed E-state index contributed by atoms with van der Waals surface area (Å²) in [4.78, 5) is 11.7. The number of benzene rings is 1. The van der Waals surface area contributed by atoms with Crippen molar-refractivity contribution in [1.82, 2.24) is 0 Å². The Bertz CT molecular complexity index is 393. The first-order valence-electron chi connectivity index (χ1n) is 4.96. The van der Waals surface area contributed by atoms with Crippen molar-refractivity contribution in [3.05, 3.63) is 30.1 Å². The zero-order valence-corrected chi connectivity index (χ0v) is 9.52. The fourth-order valence-corrected chi connectivity index (χ4v) is 1.61. The van der Waals surface area contributed by atoms with Gasteiger partial charge in [-0.3, -0.25) is 4.79 Å². The van der Waals surface area contributed by atoms with E-state index in [9.17, 15) is 9.18 Å². The van der Waals surface area contributed by atoms with Crippen LogP contribution in [0, 0.1) is 5.82 Å². The van der Waals surface area contributed by atoms with Crippen molar-refractivity contribution in [2.24, 2.45) is 5.73 Å². The van der Waals surface area contributed by atoms with Crippen LogP contribution in [-0.4, -0.2) is 11.4 Å². The van der Waals surface area contributed by atoms with Crippen LogP contribution in [0.15, 0.2) is 24.3 Å². The van der Waals surface area contributed by atoms with E-state index >= 15 is 0 Å². The number of amides is 1. The van der Waals surface area contributed by atoms with Crippen LogP contribution in [0.25, 0.3) is 0 Å². The van der Waals surface area contributed by atoms with Crippen LogP contribution < -0.4 is 11.1 Å². The molecular weight excluding hydrogens is 231 g/mol. The summed E-state index contributed by atoms with van der Waals surface area (Å²) in [6.07, 6.45) is 2.38. The lowest BCUT2D eigenvalue weighted by Crippen LogP contribution is -2.56. The number of hydrogen-bond acceptors (Lipinski definition) is 2. The summed E-state index contributed by atoms with van der Waals surface area (Å²) in [6.45, 7) is 0. The lowest BCUT2D eigenvalue weighted by Gasteiger charge is -2.36. The van der Waals surface area contributed by atoms with Crippen LogP contribution in [0.4, 0.5) is 10.1 Å². The van der Waals surface area contributed by atoms with Crippen LogP contribution in [0.5, 0.6) is 0 Å². The Hall–Kier alpha value is -1.13.